The van der Waals surface area contributed by atoms with Crippen molar-refractivity contribution in [3.8, 4) is 0 Å². The van der Waals surface area contributed by atoms with Gasteiger partial charge < -0.3 is 14.2 Å². The van der Waals surface area contributed by atoms with Crippen LogP contribution in [-0.4, -0.2) is 37.2 Å². The Morgan fingerprint density at radius 2 is 0.537 bits per heavy atom. The third kappa shape index (κ3) is 54.2. The summed E-state index contributed by atoms with van der Waals surface area (Å²) in [5, 5.41) is 0. The number of ether oxygens (including phenoxy) is 3. The van der Waals surface area contributed by atoms with Crippen molar-refractivity contribution in [3.63, 3.8) is 0 Å². The molecule has 0 rings (SSSR count). The van der Waals surface area contributed by atoms with Gasteiger partial charge in [0.1, 0.15) is 13.2 Å². The highest BCUT2D eigenvalue weighted by Crippen LogP contribution is 2.16. The van der Waals surface area contributed by atoms with Gasteiger partial charge in [0.25, 0.3) is 0 Å². The first-order valence-electron chi connectivity index (χ1n) is 29.1. The lowest BCUT2D eigenvalue weighted by molar-refractivity contribution is -0.167. The standard InChI is InChI=1S/C61H110O6/c1-4-7-10-13-16-18-20-22-24-26-27-28-29-30-31-32-33-35-36-38-40-42-45-48-51-54-60(63)66-57-58(56-65-59(62)53-50-47-44-15-12-9-6-3)67-61(64)55-52-49-46-43-41-39-37-34-25-23-21-19-17-14-11-8-5-2/h20,22-23,25-27,29-30,58H,4-19,21,24,28,31-57H2,1-3H3/b22-20-,25-23-,27-26-,30-29-. The predicted molar refractivity (Wildman–Crippen MR) is 289 cm³/mol. The highest BCUT2D eigenvalue weighted by atomic mass is 16.6. The van der Waals surface area contributed by atoms with E-state index in [9.17, 15) is 14.4 Å². The number of hydrogen-bond donors (Lipinski definition) is 0. The highest BCUT2D eigenvalue weighted by molar-refractivity contribution is 5.71. The van der Waals surface area contributed by atoms with Crippen LogP contribution in [0.25, 0.3) is 0 Å². The molecule has 0 saturated carbocycles. The lowest BCUT2D eigenvalue weighted by Gasteiger charge is -2.18. The van der Waals surface area contributed by atoms with Gasteiger partial charge in [-0.1, -0.05) is 249 Å². The van der Waals surface area contributed by atoms with E-state index in [-0.39, 0.29) is 31.1 Å². The van der Waals surface area contributed by atoms with E-state index in [0.29, 0.717) is 19.3 Å². The molecule has 0 fully saturated rings. The molecule has 67 heavy (non-hydrogen) atoms. The SMILES string of the molecule is CCCCCCC/C=C\C/C=C\C/C=C\CCCCCCCCCCCCC(=O)OCC(COC(=O)CCCCCCCCC)OC(=O)CCCCCCCCC/C=C\CCCCCCCC. The Morgan fingerprint density at radius 1 is 0.299 bits per heavy atom. The van der Waals surface area contributed by atoms with Gasteiger partial charge in [-0.15, -0.1) is 0 Å². The Balaban J connectivity index is 4.16. The second kappa shape index (κ2) is 56.0. The zero-order chi connectivity index (χ0) is 48.6. The van der Waals surface area contributed by atoms with Crippen molar-refractivity contribution >= 4 is 17.9 Å². The number of carbonyl (C=O) groups excluding carboxylic acids is 3. The molecule has 0 aliphatic rings. The van der Waals surface area contributed by atoms with E-state index in [1.165, 1.54) is 193 Å². The van der Waals surface area contributed by atoms with Crippen molar-refractivity contribution in [2.75, 3.05) is 13.2 Å². The quantitative estimate of drug-likeness (QED) is 0.0262. The largest absolute Gasteiger partial charge is 0.462 e. The van der Waals surface area contributed by atoms with Crippen molar-refractivity contribution in [3.05, 3.63) is 48.6 Å². The van der Waals surface area contributed by atoms with Crippen molar-refractivity contribution in [2.24, 2.45) is 0 Å². The molecule has 6 heteroatoms. The topological polar surface area (TPSA) is 78.9 Å². The predicted octanol–water partition coefficient (Wildman–Crippen LogP) is 19.4. The van der Waals surface area contributed by atoms with Gasteiger partial charge in [-0.2, -0.15) is 0 Å². The molecule has 0 spiro atoms. The number of unbranched alkanes of at least 4 members (excludes halogenated alkanes) is 34. The van der Waals surface area contributed by atoms with Gasteiger partial charge in [0, 0.05) is 19.3 Å². The minimum Gasteiger partial charge on any atom is -0.462 e. The molecule has 0 aromatic rings. The molecule has 0 saturated heterocycles. The smallest absolute Gasteiger partial charge is 0.306 e. The van der Waals surface area contributed by atoms with E-state index in [4.69, 9.17) is 14.2 Å². The van der Waals surface area contributed by atoms with Crippen LogP contribution in [0.15, 0.2) is 48.6 Å². The van der Waals surface area contributed by atoms with Crippen molar-refractivity contribution in [1.82, 2.24) is 0 Å². The van der Waals surface area contributed by atoms with Crippen LogP contribution >= 0.6 is 0 Å². The van der Waals surface area contributed by atoms with E-state index < -0.39 is 6.10 Å². The third-order valence-corrected chi connectivity index (χ3v) is 12.8. The first kappa shape index (κ1) is 64.4. The molecule has 0 N–H and O–H groups in total. The summed E-state index contributed by atoms with van der Waals surface area (Å²) < 4.78 is 16.8. The average molecular weight is 940 g/mol. The van der Waals surface area contributed by atoms with Crippen molar-refractivity contribution < 1.29 is 28.6 Å². The molecule has 0 aromatic carbocycles. The highest BCUT2D eigenvalue weighted by Gasteiger charge is 2.19. The fourth-order valence-electron chi connectivity index (χ4n) is 8.39. The van der Waals surface area contributed by atoms with Crippen LogP contribution in [-0.2, 0) is 28.6 Å². The van der Waals surface area contributed by atoms with Crippen LogP contribution in [0.3, 0.4) is 0 Å². The van der Waals surface area contributed by atoms with E-state index in [0.717, 1.165) is 70.6 Å². The third-order valence-electron chi connectivity index (χ3n) is 12.8. The zero-order valence-electron chi connectivity index (χ0n) is 44.7. The van der Waals surface area contributed by atoms with Crippen molar-refractivity contribution in [1.29, 1.82) is 0 Å². The molecule has 390 valence electrons. The fraction of sp³-hybridized carbons (Fsp3) is 0.820. The number of hydrogen-bond acceptors (Lipinski definition) is 6. The van der Waals surface area contributed by atoms with Gasteiger partial charge in [0.2, 0.25) is 0 Å². The zero-order valence-corrected chi connectivity index (χ0v) is 44.7. The number of rotatable bonds is 53. The second-order valence-corrected chi connectivity index (χ2v) is 19.6. The van der Waals surface area contributed by atoms with Crippen LogP contribution in [0.5, 0.6) is 0 Å². The molecular formula is C61H110O6. The summed E-state index contributed by atoms with van der Waals surface area (Å²) in [6, 6.07) is 0. The molecule has 6 nitrogen and oxygen atoms in total. The van der Waals surface area contributed by atoms with E-state index in [1.807, 2.05) is 0 Å². The molecule has 0 aromatic heterocycles. The summed E-state index contributed by atoms with van der Waals surface area (Å²) in [4.78, 5) is 37.9. The second-order valence-electron chi connectivity index (χ2n) is 19.6. The summed E-state index contributed by atoms with van der Waals surface area (Å²) in [5.41, 5.74) is 0. The summed E-state index contributed by atoms with van der Waals surface area (Å²) in [6.07, 6.45) is 68.4. The van der Waals surface area contributed by atoms with E-state index >= 15 is 0 Å². The molecule has 1 unspecified atom stereocenters. The maximum atomic E-state index is 12.8. The Morgan fingerprint density at radius 3 is 0.851 bits per heavy atom. The molecule has 1 atom stereocenters. The molecule has 0 radical (unpaired) electrons. The van der Waals surface area contributed by atoms with Gasteiger partial charge in [-0.05, 0) is 83.5 Å². The van der Waals surface area contributed by atoms with Gasteiger partial charge >= 0.3 is 17.9 Å². The van der Waals surface area contributed by atoms with E-state index in [2.05, 4.69) is 69.4 Å². The number of carbonyl (C=O) groups is 3. The van der Waals surface area contributed by atoms with Gasteiger partial charge in [-0.3, -0.25) is 14.4 Å². The molecule has 0 aliphatic carbocycles. The van der Waals surface area contributed by atoms with Crippen molar-refractivity contribution in [2.45, 2.75) is 309 Å². The Hall–Kier alpha value is -2.63. The van der Waals surface area contributed by atoms with Gasteiger partial charge in [0.15, 0.2) is 6.10 Å². The lowest BCUT2D eigenvalue weighted by Crippen LogP contribution is -2.30. The monoisotopic (exact) mass is 939 g/mol. The van der Waals surface area contributed by atoms with Crippen LogP contribution in [0.4, 0.5) is 0 Å². The summed E-state index contributed by atoms with van der Waals surface area (Å²) in [7, 11) is 0. The minimum absolute atomic E-state index is 0.0741. The normalized spacial score (nSPS) is 12.3. The van der Waals surface area contributed by atoms with Crippen LogP contribution in [0.2, 0.25) is 0 Å². The first-order chi connectivity index (χ1) is 33.0. The summed E-state index contributed by atoms with van der Waals surface area (Å²) >= 11 is 0. The molecule has 0 bridgehead atoms. The first-order valence-corrected chi connectivity index (χ1v) is 29.1. The average Bonchev–Trinajstić information content (AvgIpc) is 3.33. The molecular weight excluding hydrogens is 829 g/mol. The maximum Gasteiger partial charge on any atom is 0.306 e. The Labute approximate surface area is 416 Å². The van der Waals surface area contributed by atoms with Crippen LogP contribution in [0, 0.1) is 0 Å². The van der Waals surface area contributed by atoms with E-state index in [1.54, 1.807) is 0 Å². The maximum absolute atomic E-state index is 12.8. The molecule has 0 aliphatic heterocycles. The Kier molecular flexibility index (Phi) is 53.8. The number of esters is 3. The summed E-state index contributed by atoms with van der Waals surface area (Å²) in [5.74, 6) is -0.877. The minimum atomic E-state index is -0.773. The lowest BCUT2D eigenvalue weighted by atomic mass is 10.1. The van der Waals surface area contributed by atoms with Gasteiger partial charge in [0.05, 0.1) is 0 Å². The van der Waals surface area contributed by atoms with Crippen LogP contribution in [0.1, 0.15) is 303 Å². The van der Waals surface area contributed by atoms with Crippen LogP contribution < -0.4 is 0 Å². The van der Waals surface area contributed by atoms with Gasteiger partial charge in [-0.25, -0.2) is 0 Å². The molecule has 0 heterocycles. The number of allylic oxidation sites excluding steroid dienone is 8. The Bertz CT molecular complexity index is 1170. The molecule has 0 amide bonds. The summed E-state index contributed by atoms with van der Waals surface area (Å²) in [6.45, 7) is 6.60. The fourth-order valence-corrected chi connectivity index (χ4v) is 8.39.